The first-order valence-electron chi connectivity index (χ1n) is 8.98. The number of aromatic nitrogens is 4. The van der Waals surface area contributed by atoms with Crippen molar-refractivity contribution in [2.45, 2.75) is 51.6 Å². The van der Waals surface area contributed by atoms with Crippen molar-refractivity contribution in [3.05, 3.63) is 34.9 Å². The van der Waals surface area contributed by atoms with Gasteiger partial charge in [-0.05, 0) is 31.2 Å². The van der Waals surface area contributed by atoms with Crippen molar-refractivity contribution >= 4 is 5.91 Å². The quantitative estimate of drug-likeness (QED) is 0.727. The summed E-state index contributed by atoms with van der Waals surface area (Å²) in [6, 6.07) is 0.863. The van der Waals surface area contributed by atoms with Gasteiger partial charge in [-0.15, -0.1) is 0 Å². The Morgan fingerprint density at radius 2 is 1.90 bits per heavy atom. The van der Waals surface area contributed by atoms with E-state index in [-0.39, 0.29) is 37.5 Å². The summed E-state index contributed by atoms with van der Waals surface area (Å²) in [4.78, 5) is 12.1. The smallest absolute Gasteiger partial charge is 0.354 e. The first-order valence-corrected chi connectivity index (χ1v) is 8.98. The second-order valence-corrected chi connectivity index (χ2v) is 7.11. The second-order valence-electron chi connectivity index (χ2n) is 7.11. The van der Waals surface area contributed by atoms with E-state index >= 15 is 0 Å². The average molecular weight is 423 g/mol. The summed E-state index contributed by atoms with van der Waals surface area (Å²) in [5.74, 6) is -0.756. The minimum absolute atomic E-state index is 0.135. The minimum Gasteiger partial charge on any atom is -0.354 e. The van der Waals surface area contributed by atoms with E-state index in [4.69, 9.17) is 0 Å². The molecule has 1 N–H and O–H groups in total. The summed E-state index contributed by atoms with van der Waals surface area (Å²) in [6.07, 6.45) is -6.59. The number of nitrogens with one attached hydrogen (secondary N) is 1. The topological polar surface area (TPSA) is 64.7 Å². The molecule has 0 saturated carbocycles. The summed E-state index contributed by atoms with van der Waals surface area (Å²) < 4.78 is 79.1. The Balaban J connectivity index is 1.55. The molecule has 3 rings (SSSR count). The molecule has 0 radical (unpaired) electrons. The van der Waals surface area contributed by atoms with Crippen LogP contribution < -0.4 is 5.32 Å². The molecule has 6 nitrogen and oxygen atoms in total. The summed E-state index contributed by atoms with van der Waals surface area (Å²) >= 11 is 0. The van der Waals surface area contributed by atoms with Crippen molar-refractivity contribution in [1.29, 1.82) is 0 Å². The Labute approximate surface area is 161 Å². The van der Waals surface area contributed by atoms with Crippen molar-refractivity contribution < 1.29 is 31.1 Å². The molecular formula is C17H19F6N5O. The maximum absolute atomic E-state index is 13.1. The molecule has 1 amide bonds. The predicted molar refractivity (Wildman–Crippen MR) is 88.7 cm³/mol. The molecule has 12 heteroatoms. The van der Waals surface area contributed by atoms with Crippen LogP contribution in [0.3, 0.4) is 0 Å². The molecular weight excluding hydrogens is 404 g/mol. The summed E-state index contributed by atoms with van der Waals surface area (Å²) in [7, 11) is 0. The summed E-state index contributed by atoms with van der Waals surface area (Å²) in [5, 5.41) is 9.60. The maximum Gasteiger partial charge on any atom is 0.435 e. The van der Waals surface area contributed by atoms with Crippen molar-refractivity contribution in [1.82, 2.24) is 24.9 Å². The van der Waals surface area contributed by atoms with Gasteiger partial charge in [0.25, 0.3) is 0 Å². The van der Waals surface area contributed by atoms with Crippen LogP contribution in [0.25, 0.3) is 0 Å². The van der Waals surface area contributed by atoms with Gasteiger partial charge in [-0.2, -0.15) is 36.5 Å². The van der Waals surface area contributed by atoms with E-state index in [0.717, 1.165) is 15.4 Å². The molecule has 0 aliphatic heterocycles. The molecule has 0 unspecified atom stereocenters. The summed E-state index contributed by atoms with van der Waals surface area (Å²) in [6.45, 7) is 1.65. The maximum atomic E-state index is 13.1. The van der Waals surface area contributed by atoms with Gasteiger partial charge in [0.1, 0.15) is 6.54 Å². The van der Waals surface area contributed by atoms with Crippen LogP contribution in [0.5, 0.6) is 0 Å². The van der Waals surface area contributed by atoms with Crippen molar-refractivity contribution in [2.24, 2.45) is 5.92 Å². The Bertz CT molecular complexity index is 882. The average Bonchev–Trinajstić information content (AvgIpc) is 3.29. The monoisotopic (exact) mass is 423 g/mol. The third kappa shape index (κ3) is 4.91. The second kappa shape index (κ2) is 7.71. The minimum atomic E-state index is -4.57. The SMILES string of the molecule is C[C@H](CNC(=O)Cn1nc(C(F)(F)F)c2c1CCC2)Cn1ccc(C(F)(F)F)n1. The lowest BCUT2D eigenvalue weighted by atomic mass is 10.2. The number of fused-ring (bicyclic) bond motifs is 1. The lowest BCUT2D eigenvalue weighted by molar-refractivity contribution is -0.142. The molecule has 0 saturated heterocycles. The van der Waals surface area contributed by atoms with Gasteiger partial charge in [0.05, 0.1) is 0 Å². The Morgan fingerprint density at radius 1 is 1.17 bits per heavy atom. The number of amides is 1. The highest BCUT2D eigenvalue weighted by Gasteiger charge is 2.40. The van der Waals surface area contributed by atoms with E-state index in [1.165, 1.54) is 6.20 Å². The summed E-state index contributed by atoms with van der Waals surface area (Å²) in [5.41, 5.74) is -1.36. The molecule has 29 heavy (non-hydrogen) atoms. The number of rotatable bonds is 6. The van der Waals surface area contributed by atoms with Gasteiger partial charge < -0.3 is 5.32 Å². The number of hydrogen-bond acceptors (Lipinski definition) is 3. The highest BCUT2D eigenvalue weighted by molar-refractivity contribution is 5.75. The van der Waals surface area contributed by atoms with Crippen LogP contribution in [0.15, 0.2) is 12.3 Å². The normalized spacial score (nSPS) is 15.4. The van der Waals surface area contributed by atoms with Gasteiger partial charge in [-0.25, -0.2) is 0 Å². The van der Waals surface area contributed by atoms with Crippen LogP contribution in [0.2, 0.25) is 0 Å². The zero-order chi connectivity index (χ0) is 21.4. The molecule has 1 aliphatic rings. The van der Waals surface area contributed by atoms with E-state index in [2.05, 4.69) is 15.5 Å². The third-order valence-electron chi connectivity index (χ3n) is 4.65. The van der Waals surface area contributed by atoms with Crippen molar-refractivity contribution in [2.75, 3.05) is 6.54 Å². The van der Waals surface area contributed by atoms with E-state index in [1.807, 2.05) is 0 Å². The van der Waals surface area contributed by atoms with Crippen LogP contribution in [0.1, 0.15) is 36.0 Å². The van der Waals surface area contributed by atoms with Gasteiger partial charge in [-0.3, -0.25) is 14.2 Å². The zero-order valence-electron chi connectivity index (χ0n) is 15.4. The highest BCUT2D eigenvalue weighted by atomic mass is 19.4. The van der Waals surface area contributed by atoms with Gasteiger partial charge in [0.15, 0.2) is 11.4 Å². The molecule has 0 spiro atoms. The zero-order valence-corrected chi connectivity index (χ0v) is 15.4. The van der Waals surface area contributed by atoms with Crippen molar-refractivity contribution in [3.63, 3.8) is 0 Å². The molecule has 0 bridgehead atoms. The molecule has 1 atom stereocenters. The molecule has 0 fully saturated rings. The number of alkyl halides is 6. The Hall–Kier alpha value is -2.53. The fourth-order valence-corrected chi connectivity index (χ4v) is 3.35. The fraction of sp³-hybridized carbons (Fsp3) is 0.588. The van der Waals surface area contributed by atoms with Crippen molar-refractivity contribution in [3.8, 4) is 0 Å². The van der Waals surface area contributed by atoms with Crippen LogP contribution >= 0.6 is 0 Å². The van der Waals surface area contributed by atoms with E-state index in [1.54, 1.807) is 6.92 Å². The highest BCUT2D eigenvalue weighted by Crippen LogP contribution is 2.36. The molecule has 2 aromatic heterocycles. The van der Waals surface area contributed by atoms with E-state index < -0.39 is 29.6 Å². The van der Waals surface area contributed by atoms with Gasteiger partial charge >= 0.3 is 12.4 Å². The van der Waals surface area contributed by atoms with Crippen LogP contribution in [-0.4, -0.2) is 32.0 Å². The van der Waals surface area contributed by atoms with Crippen LogP contribution in [0, 0.1) is 5.92 Å². The predicted octanol–water partition coefficient (Wildman–Crippen LogP) is 3.06. The van der Waals surface area contributed by atoms with Gasteiger partial charge in [-0.1, -0.05) is 6.92 Å². The first-order chi connectivity index (χ1) is 13.4. The number of nitrogens with zero attached hydrogens (tertiary/aromatic N) is 4. The number of carbonyl (C=O) groups is 1. The molecule has 1 aliphatic carbocycles. The fourth-order valence-electron chi connectivity index (χ4n) is 3.35. The standard InChI is InChI=1S/C17H19F6N5O/c1-10(8-27-6-5-13(25-27)16(18,19)20)7-24-14(29)9-28-12-4-2-3-11(12)15(26-28)17(21,22)23/h5-6,10H,2-4,7-9H2,1H3,(H,24,29)/t10-/m1/s1. The Kier molecular flexibility index (Phi) is 5.63. The number of halogens is 6. The first kappa shape index (κ1) is 21.2. The van der Waals surface area contributed by atoms with Gasteiger partial charge in [0, 0.05) is 30.5 Å². The van der Waals surface area contributed by atoms with E-state index in [9.17, 15) is 31.1 Å². The molecule has 2 heterocycles. The molecule has 160 valence electrons. The lowest BCUT2D eigenvalue weighted by Gasteiger charge is -2.13. The molecule has 0 aromatic carbocycles. The van der Waals surface area contributed by atoms with Crippen LogP contribution in [0.4, 0.5) is 26.3 Å². The van der Waals surface area contributed by atoms with Crippen LogP contribution in [-0.2, 0) is 43.1 Å². The third-order valence-corrected chi connectivity index (χ3v) is 4.65. The molecule has 2 aromatic rings. The van der Waals surface area contributed by atoms with Gasteiger partial charge in [0.2, 0.25) is 5.91 Å². The number of hydrogen-bond donors (Lipinski definition) is 1. The lowest BCUT2D eigenvalue weighted by Crippen LogP contribution is -2.33. The number of carbonyl (C=O) groups excluding carboxylic acids is 1. The Morgan fingerprint density at radius 3 is 2.52 bits per heavy atom. The van der Waals surface area contributed by atoms with E-state index in [0.29, 0.717) is 18.5 Å². The largest absolute Gasteiger partial charge is 0.435 e.